The van der Waals surface area contributed by atoms with E-state index in [9.17, 15) is 14.7 Å². The van der Waals surface area contributed by atoms with Gasteiger partial charge in [0.2, 0.25) is 5.91 Å². The highest BCUT2D eigenvalue weighted by Crippen LogP contribution is 2.24. The van der Waals surface area contributed by atoms with Crippen molar-refractivity contribution in [3.05, 3.63) is 35.4 Å². The molecule has 1 aliphatic heterocycles. The van der Waals surface area contributed by atoms with E-state index in [0.717, 1.165) is 37.9 Å². The number of likely N-dealkylation sites (tertiary alicyclic amines) is 1. The second-order valence-corrected chi connectivity index (χ2v) is 6.99. The van der Waals surface area contributed by atoms with Gasteiger partial charge in [-0.15, -0.1) is 0 Å². The van der Waals surface area contributed by atoms with Gasteiger partial charge in [0.05, 0.1) is 10.8 Å². The molecule has 0 aliphatic carbocycles. The van der Waals surface area contributed by atoms with Gasteiger partial charge < -0.3 is 10.0 Å². The van der Waals surface area contributed by atoms with Crippen LogP contribution in [0.4, 0.5) is 0 Å². The third-order valence-corrected chi connectivity index (χ3v) is 5.29. The van der Waals surface area contributed by atoms with Crippen LogP contribution in [0.1, 0.15) is 35.7 Å². The van der Waals surface area contributed by atoms with Crippen LogP contribution in [0, 0.1) is 5.92 Å². The lowest BCUT2D eigenvalue weighted by Crippen LogP contribution is -2.42. The number of carbonyl (C=O) groups is 2. The molecule has 5 heteroatoms. The number of rotatable bonds is 5. The van der Waals surface area contributed by atoms with E-state index in [1.807, 2.05) is 30.2 Å². The number of hydrogen-bond acceptors (Lipinski definition) is 3. The summed E-state index contributed by atoms with van der Waals surface area (Å²) >= 11 is 1.58. The molecule has 1 N–H and O–H groups in total. The van der Waals surface area contributed by atoms with E-state index in [1.165, 1.54) is 0 Å². The molecule has 22 heavy (non-hydrogen) atoms. The van der Waals surface area contributed by atoms with Crippen molar-refractivity contribution >= 4 is 23.6 Å². The monoisotopic (exact) mass is 321 g/mol. The van der Waals surface area contributed by atoms with Crippen molar-refractivity contribution in [2.45, 2.75) is 31.4 Å². The van der Waals surface area contributed by atoms with E-state index in [0.29, 0.717) is 11.5 Å². The number of benzene rings is 1. The second kappa shape index (κ2) is 7.68. The van der Waals surface area contributed by atoms with Crippen molar-refractivity contribution in [2.75, 3.05) is 19.3 Å². The summed E-state index contributed by atoms with van der Waals surface area (Å²) in [5.41, 5.74) is 1.30. The van der Waals surface area contributed by atoms with Crippen molar-refractivity contribution < 1.29 is 14.7 Å². The lowest BCUT2D eigenvalue weighted by Gasteiger charge is -2.33. The summed E-state index contributed by atoms with van der Waals surface area (Å²) in [6.45, 7) is 3.51. The van der Waals surface area contributed by atoms with Crippen molar-refractivity contribution in [2.24, 2.45) is 5.92 Å². The van der Waals surface area contributed by atoms with Crippen LogP contribution in [0.25, 0.3) is 0 Å². The Balaban J connectivity index is 1.93. The van der Waals surface area contributed by atoms with Gasteiger partial charge in [-0.1, -0.05) is 18.2 Å². The Hall–Kier alpha value is -1.49. The third kappa shape index (κ3) is 4.03. The molecule has 2 rings (SSSR count). The Morgan fingerprint density at radius 2 is 1.95 bits per heavy atom. The number of aromatic carboxylic acids is 1. The highest BCUT2D eigenvalue weighted by molar-refractivity contribution is 7.99. The van der Waals surface area contributed by atoms with Crippen molar-refractivity contribution in [3.63, 3.8) is 0 Å². The molecule has 1 amide bonds. The van der Waals surface area contributed by atoms with Crippen LogP contribution < -0.4 is 0 Å². The molecule has 1 fully saturated rings. The summed E-state index contributed by atoms with van der Waals surface area (Å²) in [5, 5.41) is 9.26. The number of amides is 1. The number of carboxylic acid groups (broad SMARTS) is 1. The first-order valence-corrected chi connectivity index (χ1v) is 8.94. The van der Waals surface area contributed by atoms with Gasteiger partial charge in [0.15, 0.2) is 0 Å². The molecule has 1 aromatic rings. The number of carbonyl (C=O) groups excluding carboxylic acids is 1. The molecule has 4 nitrogen and oxygen atoms in total. The molecule has 1 aromatic carbocycles. The fraction of sp³-hybridized carbons (Fsp3) is 0.529. The van der Waals surface area contributed by atoms with Crippen LogP contribution in [0.5, 0.6) is 0 Å². The fourth-order valence-corrected chi connectivity index (χ4v) is 3.28. The predicted octanol–water partition coefficient (Wildman–Crippen LogP) is 2.92. The summed E-state index contributed by atoms with van der Waals surface area (Å²) in [5.74, 6) is -0.192. The predicted molar refractivity (Wildman–Crippen MR) is 89.4 cm³/mol. The lowest BCUT2D eigenvalue weighted by atomic mass is 9.88. The molecule has 0 saturated carbocycles. The minimum atomic E-state index is -0.864. The number of nitrogens with zero attached hydrogens (tertiary/aromatic N) is 1. The fourth-order valence-electron chi connectivity index (χ4n) is 2.93. The largest absolute Gasteiger partial charge is 0.478 e. The van der Waals surface area contributed by atoms with Crippen molar-refractivity contribution in [3.8, 4) is 0 Å². The molecule has 0 bridgehead atoms. The average molecular weight is 321 g/mol. The van der Waals surface area contributed by atoms with E-state index >= 15 is 0 Å². The molecular formula is C17H23NO3S. The smallest absolute Gasteiger partial charge is 0.335 e. The zero-order valence-corrected chi connectivity index (χ0v) is 13.9. The first-order valence-electron chi connectivity index (χ1n) is 7.65. The van der Waals surface area contributed by atoms with Gasteiger partial charge in [-0.25, -0.2) is 4.79 Å². The summed E-state index contributed by atoms with van der Waals surface area (Å²) in [6.07, 6.45) is 4.63. The molecule has 1 saturated heterocycles. The van der Waals surface area contributed by atoms with Gasteiger partial charge in [0, 0.05) is 13.1 Å². The molecule has 0 spiro atoms. The van der Waals surface area contributed by atoms with Gasteiger partial charge in [-0.05, 0) is 50.0 Å². The van der Waals surface area contributed by atoms with Gasteiger partial charge in [-0.2, -0.15) is 11.8 Å². The molecule has 120 valence electrons. The summed E-state index contributed by atoms with van der Waals surface area (Å²) in [7, 11) is 0. The maximum atomic E-state index is 12.2. The Morgan fingerprint density at radius 3 is 2.55 bits per heavy atom. The standard InChI is InChI=1S/C17H23NO3S/c1-12(22-2)16(19)18-9-7-13(8-10-18)11-14-5-3-4-6-15(14)17(20)21/h3-6,12-13H,7-11H2,1-2H3,(H,20,21). The first kappa shape index (κ1) is 16.9. The zero-order chi connectivity index (χ0) is 16.1. The van der Waals surface area contributed by atoms with Crippen LogP contribution in [-0.4, -0.2) is 46.5 Å². The van der Waals surface area contributed by atoms with E-state index < -0.39 is 5.97 Å². The van der Waals surface area contributed by atoms with Crippen LogP contribution in [0.15, 0.2) is 24.3 Å². The lowest BCUT2D eigenvalue weighted by molar-refractivity contribution is -0.131. The van der Waals surface area contributed by atoms with E-state index in [1.54, 1.807) is 23.9 Å². The van der Waals surface area contributed by atoms with Gasteiger partial charge >= 0.3 is 5.97 Å². The summed E-state index contributed by atoms with van der Waals surface area (Å²) in [6, 6.07) is 7.21. The minimum absolute atomic E-state index is 0.0179. The number of piperidine rings is 1. The summed E-state index contributed by atoms with van der Waals surface area (Å²) < 4.78 is 0. The highest BCUT2D eigenvalue weighted by Gasteiger charge is 2.26. The average Bonchev–Trinajstić information content (AvgIpc) is 2.54. The Morgan fingerprint density at radius 1 is 1.32 bits per heavy atom. The topological polar surface area (TPSA) is 57.6 Å². The Labute approximate surface area is 135 Å². The van der Waals surface area contributed by atoms with Crippen molar-refractivity contribution in [1.82, 2.24) is 4.90 Å². The van der Waals surface area contributed by atoms with E-state index in [-0.39, 0.29) is 11.2 Å². The molecular weight excluding hydrogens is 298 g/mol. The SMILES string of the molecule is CSC(C)C(=O)N1CCC(Cc2ccccc2C(=O)O)CC1. The van der Waals surface area contributed by atoms with Gasteiger partial charge in [0.1, 0.15) is 0 Å². The quantitative estimate of drug-likeness (QED) is 0.906. The van der Waals surface area contributed by atoms with E-state index in [2.05, 4.69) is 0 Å². The van der Waals surface area contributed by atoms with Crippen LogP contribution >= 0.6 is 11.8 Å². The molecule has 1 heterocycles. The van der Waals surface area contributed by atoms with Gasteiger partial charge in [-0.3, -0.25) is 4.79 Å². The third-order valence-electron chi connectivity index (χ3n) is 4.38. The maximum Gasteiger partial charge on any atom is 0.335 e. The van der Waals surface area contributed by atoms with E-state index in [4.69, 9.17) is 0 Å². The Bertz CT molecular complexity index is 538. The zero-order valence-electron chi connectivity index (χ0n) is 13.1. The molecule has 1 aliphatic rings. The van der Waals surface area contributed by atoms with Crippen LogP contribution in [0.3, 0.4) is 0 Å². The molecule has 0 aromatic heterocycles. The molecule has 1 unspecified atom stereocenters. The minimum Gasteiger partial charge on any atom is -0.478 e. The van der Waals surface area contributed by atoms with Crippen LogP contribution in [0.2, 0.25) is 0 Å². The second-order valence-electron chi connectivity index (χ2n) is 5.81. The number of carboxylic acids is 1. The first-order chi connectivity index (χ1) is 10.5. The molecule has 1 atom stereocenters. The normalized spacial score (nSPS) is 17.3. The number of thioether (sulfide) groups is 1. The molecule has 0 radical (unpaired) electrons. The number of hydrogen-bond donors (Lipinski definition) is 1. The van der Waals surface area contributed by atoms with Crippen molar-refractivity contribution in [1.29, 1.82) is 0 Å². The highest BCUT2D eigenvalue weighted by atomic mass is 32.2. The Kier molecular flexibility index (Phi) is 5.89. The van der Waals surface area contributed by atoms with Crippen LogP contribution in [-0.2, 0) is 11.2 Å². The summed E-state index contributed by atoms with van der Waals surface area (Å²) in [4.78, 5) is 25.4. The maximum absolute atomic E-state index is 12.2. The van der Waals surface area contributed by atoms with Gasteiger partial charge in [0.25, 0.3) is 0 Å².